The van der Waals surface area contributed by atoms with E-state index in [0.29, 0.717) is 32.4 Å². The minimum absolute atomic E-state index is 0.0313. The van der Waals surface area contributed by atoms with E-state index < -0.39 is 106 Å². The van der Waals surface area contributed by atoms with Gasteiger partial charge >= 0.3 is 6.18 Å². The molecule has 1 fully saturated rings. The van der Waals surface area contributed by atoms with Crippen LogP contribution in [0, 0.1) is 18.6 Å². The molecule has 5 aromatic rings. The molecule has 1 amide bonds. The third-order valence-corrected chi connectivity index (χ3v) is 9.66. The van der Waals surface area contributed by atoms with Gasteiger partial charge in [0, 0.05) is 62.0 Å². The van der Waals surface area contributed by atoms with E-state index in [-0.39, 0.29) is 49.2 Å². The fourth-order valence-corrected chi connectivity index (χ4v) is 6.78. The summed E-state index contributed by atoms with van der Waals surface area (Å²) in [5.41, 5.74) is -2.68. The minimum Gasteiger partial charge on any atom is -0.383 e. The molecular formula is C41H40F5N3O3S. The fourth-order valence-electron chi connectivity index (χ4n) is 5.83. The van der Waals surface area contributed by atoms with Crippen molar-refractivity contribution < 1.29 is 45.2 Å². The Bertz CT molecular complexity index is 2610. The number of piperidine rings is 1. The Morgan fingerprint density at radius 1 is 1.00 bits per heavy atom. The average Bonchev–Trinajstić information content (AvgIpc) is 3.24. The smallest absolute Gasteiger partial charge is 0.383 e. The molecule has 0 N–H and O–H groups in total. The van der Waals surface area contributed by atoms with Crippen molar-refractivity contribution in [2.24, 2.45) is 0 Å². The van der Waals surface area contributed by atoms with Crippen LogP contribution < -0.4 is 5.43 Å². The summed E-state index contributed by atoms with van der Waals surface area (Å²) in [5, 5.41) is -1.34. The van der Waals surface area contributed by atoms with Gasteiger partial charge in [0.1, 0.15) is 6.50 Å². The van der Waals surface area contributed by atoms with Gasteiger partial charge in [0.2, 0.25) is 5.91 Å². The number of thioether (sulfide) groups is 1. The molecule has 0 unspecified atom stereocenters. The lowest BCUT2D eigenvalue weighted by Crippen LogP contribution is -2.48. The Labute approximate surface area is 323 Å². The highest BCUT2D eigenvalue weighted by atomic mass is 32.2. The highest BCUT2D eigenvalue weighted by molar-refractivity contribution is 7.98. The van der Waals surface area contributed by atoms with Gasteiger partial charge in [-0.2, -0.15) is 13.2 Å². The summed E-state index contributed by atoms with van der Waals surface area (Å²) in [5.74, 6) is -4.63. The molecule has 1 aromatic heterocycles. The predicted molar refractivity (Wildman–Crippen MR) is 198 cm³/mol. The second kappa shape index (κ2) is 16.7. The van der Waals surface area contributed by atoms with Crippen molar-refractivity contribution in [1.82, 2.24) is 14.4 Å². The number of likely N-dealkylation sites (tertiary alicyclic amines) is 1. The fraction of sp³-hybridized carbons (Fsp3) is 0.317. The Kier molecular flexibility index (Phi) is 8.52. The zero-order valence-corrected chi connectivity index (χ0v) is 29.4. The summed E-state index contributed by atoms with van der Waals surface area (Å²) in [4.78, 5) is 31.4. The van der Waals surface area contributed by atoms with Gasteiger partial charge in [0.25, 0.3) is 0 Å². The molecule has 1 aliphatic rings. The predicted octanol–water partition coefficient (Wildman–Crippen LogP) is 8.71. The summed E-state index contributed by atoms with van der Waals surface area (Å²) < 4.78 is 164. The van der Waals surface area contributed by atoms with Gasteiger partial charge < -0.3 is 19.1 Å². The molecule has 6 rings (SSSR count). The van der Waals surface area contributed by atoms with Crippen molar-refractivity contribution in [2.75, 3.05) is 33.3 Å². The van der Waals surface area contributed by atoms with E-state index in [1.807, 2.05) is 0 Å². The van der Waals surface area contributed by atoms with E-state index in [1.165, 1.54) is 62.6 Å². The molecular weight excluding hydrogens is 710 g/mol. The van der Waals surface area contributed by atoms with Crippen LogP contribution in [-0.4, -0.2) is 59.6 Å². The van der Waals surface area contributed by atoms with Gasteiger partial charge in [-0.15, -0.1) is 11.8 Å². The molecule has 2 heterocycles. The third-order valence-electron chi connectivity index (χ3n) is 8.65. The SMILES string of the molecule is [2H]c1c(C)c([2H])c2c(=O)c([2H])c(SCc3cccc(F)c3F)n(C([2H])([2H])C(=O)N(C3CCN(CC([2H])([2H])OC)CC3)C([2H])([2H])c3ccc(-c4ccc(C(F)(F)F)cc4)cc3)c2c1[2H]. The Hall–Kier alpha value is -4.52. The number of carbonyl (C=O) groups excluding carboxylic acids is 1. The quantitative estimate of drug-likeness (QED) is 0.0942. The van der Waals surface area contributed by atoms with Crippen molar-refractivity contribution in [3.63, 3.8) is 0 Å². The van der Waals surface area contributed by atoms with Crippen LogP contribution in [0.3, 0.4) is 0 Å². The molecule has 1 saturated heterocycles. The van der Waals surface area contributed by atoms with Crippen LogP contribution in [0.4, 0.5) is 22.0 Å². The number of alkyl halides is 3. The molecule has 0 radical (unpaired) electrons. The number of nitrogens with zero attached hydrogens (tertiary/aromatic N) is 3. The lowest BCUT2D eigenvalue weighted by atomic mass is 10.00. The maximum Gasteiger partial charge on any atom is 0.416 e. The maximum absolute atomic E-state index is 15.2. The minimum atomic E-state index is -4.58. The van der Waals surface area contributed by atoms with Gasteiger partial charge in [-0.05, 0) is 66.7 Å². The number of carbonyl (C=O) groups is 1. The molecule has 12 heteroatoms. The summed E-state index contributed by atoms with van der Waals surface area (Å²) >= 11 is 0.450. The van der Waals surface area contributed by atoms with Gasteiger partial charge in [0.15, 0.2) is 17.1 Å². The maximum atomic E-state index is 15.2. The van der Waals surface area contributed by atoms with E-state index in [2.05, 4.69) is 0 Å². The van der Waals surface area contributed by atoms with Crippen LogP contribution in [0.1, 0.15) is 48.8 Å². The van der Waals surface area contributed by atoms with Gasteiger partial charge in [-0.3, -0.25) is 9.59 Å². The van der Waals surface area contributed by atoms with Crippen molar-refractivity contribution in [3.8, 4) is 11.1 Å². The monoisotopic (exact) mass is 759 g/mol. The standard InChI is InChI=1S/C41H40F5N3O3S/c1-27-6-15-36-34(22-27)37(50)23-39(53-26-31-4-3-5-35(42)40(31)43)49(36)25-38(51)48(33-16-18-47(19-17-33)20-21-52-2)24-28-7-9-29(10-8-28)30-11-13-32(14-12-30)41(44,45)46/h3-15,22-23,33H,16-21,24-26H2,1-2H3/i6D,15D,21D2,22D,23D,24D2,25D2. The van der Waals surface area contributed by atoms with Crippen molar-refractivity contribution in [1.29, 1.82) is 0 Å². The second-order valence-corrected chi connectivity index (χ2v) is 13.2. The summed E-state index contributed by atoms with van der Waals surface area (Å²) in [6.45, 7) is -7.26. The number of benzene rings is 4. The number of amides is 1. The summed E-state index contributed by atoms with van der Waals surface area (Å²) in [6.07, 6.45) is -4.64. The summed E-state index contributed by atoms with van der Waals surface area (Å²) in [6, 6.07) is 8.72. The van der Waals surface area contributed by atoms with Crippen molar-refractivity contribution in [2.45, 2.75) is 55.8 Å². The van der Waals surface area contributed by atoms with Crippen LogP contribution in [0.15, 0.2) is 101 Å². The zero-order chi connectivity index (χ0) is 46.6. The Balaban J connectivity index is 1.51. The molecule has 1 aliphatic heterocycles. The van der Waals surface area contributed by atoms with Crippen LogP contribution in [0.5, 0.6) is 0 Å². The number of aromatic nitrogens is 1. The van der Waals surface area contributed by atoms with Gasteiger partial charge in [0.05, 0.1) is 36.4 Å². The molecule has 0 atom stereocenters. The van der Waals surface area contributed by atoms with Crippen molar-refractivity contribution >= 4 is 28.6 Å². The van der Waals surface area contributed by atoms with Crippen LogP contribution >= 0.6 is 11.8 Å². The van der Waals surface area contributed by atoms with E-state index in [1.54, 1.807) is 4.90 Å². The van der Waals surface area contributed by atoms with Gasteiger partial charge in [-0.25, -0.2) is 8.78 Å². The number of hydrogen-bond acceptors (Lipinski definition) is 5. The van der Waals surface area contributed by atoms with E-state index in [4.69, 9.17) is 13.0 Å². The number of halogens is 5. The number of hydrogen-bond donors (Lipinski definition) is 0. The molecule has 53 heavy (non-hydrogen) atoms. The molecule has 0 spiro atoms. The van der Waals surface area contributed by atoms with E-state index >= 15 is 4.79 Å². The van der Waals surface area contributed by atoms with Gasteiger partial charge in [-0.1, -0.05) is 60.1 Å². The Morgan fingerprint density at radius 3 is 2.34 bits per heavy atom. The molecule has 278 valence electrons. The normalized spacial score (nSPS) is 17.7. The Morgan fingerprint density at radius 2 is 1.68 bits per heavy atom. The van der Waals surface area contributed by atoms with E-state index in [9.17, 15) is 32.2 Å². The number of rotatable bonds is 12. The molecule has 0 aliphatic carbocycles. The topological polar surface area (TPSA) is 54.8 Å². The highest BCUT2D eigenvalue weighted by Gasteiger charge is 2.31. The molecule has 6 nitrogen and oxygen atoms in total. The average molecular weight is 760 g/mol. The van der Waals surface area contributed by atoms with E-state index in [0.717, 1.165) is 18.2 Å². The van der Waals surface area contributed by atoms with Crippen LogP contribution in [0.2, 0.25) is 0 Å². The number of methoxy groups -OCH3 is 1. The second-order valence-electron chi connectivity index (χ2n) is 12.2. The number of fused-ring (bicyclic) bond motifs is 1. The lowest BCUT2D eigenvalue weighted by molar-refractivity contribution is -0.137. The first-order valence-electron chi connectivity index (χ1n) is 21.4. The molecule has 0 saturated carbocycles. The molecule has 4 aromatic carbocycles. The van der Waals surface area contributed by atoms with Crippen LogP contribution in [0.25, 0.3) is 22.0 Å². The molecule has 0 bridgehead atoms. The number of pyridine rings is 1. The van der Waals surface area contributed by atoms with Crippen molar-refractivity contribution in [3.05, 3.63) is 135 Å². The van der Waals surface area contributed by atoms with Crippen LogP contribution in [-0.2, 0) is 34.5 Å². The zero-order valence-electron chi connectivity index (χ0n) is 38.5. The first kappa shape index (κ1) is 27.1. The summed E-state index contributed by atoms with van der Waals surface area (Å²) in [7, 11) is 1.19. The largest absolute Gasteiger partial charge is 0.416 e. The third kappa shape index (κ3) is 9.17. The highest BCUT2D eigenvalue weighted by Crippen LogP contribution is 2.32. The lowest BCUT2D eigenvalue weighted by Gasteiger charge is -2.39. The number of ether oxygens (including phenoxy) is 1. The first-order valence-corrected chi connectivity index (χ1v) is 17.4. The first-order chi connectivity index (χ1) is 29.3.